The van der Waals surface area contributed by atoms with Crippen molar-refractivity contribution in [3.63, 3.8) is 0 Å². The number of nitrogens with one attached hydrogen (secondary N) is 9. The Bertz CT molecular complexity index is 1430. The van der Waals surface area contributed by atoms with Crippen molar-refractivity contribution in [2.24, 2.45) is 0 Å². The fourth-order valence-electron chi connectivity index (χ4n) is 2.70. The monoisotopic (exact) mass is 3030 g/mol. The first-order valence-electron chi connectivity index (χ1n) is 22.2. The second-order valence-electron chi connectivity index (χ2n) is 11.4. The van der Waals surface area contributed by atoms with Gasteiger partial charge in [0.05, 0.1) is 115 Å². The Morgan fingerprint density at radius 2 is 0.198 bits per heavy atom. The summed E-state index contributed by atoms with van der Waals surface area (Å²) in [7, 11) is 0. The molecule has 76 heteroatoms. The van der Waals surface area contributed by atoms with Crippen molar-refractivity contribution in [2.75, 3.05) is 118 Å². The number of thiol groups is 9. The van der Waals surface area contributed by atoms with E-state index in [9.17, 15) is 0 Å². The summed E-state index contributed by atoms with van der Waals surface area (Å²) in [6.45, 7) is 41.6. The zero-order chi connectivity index (χ0) is 64.0. The predicted octanol–water partition coefficient (Wildman–Crippen LogP) is -111. The van der Waals surface area contributed by atoms with Crippen molar-refractivity contribution in [1.82, 2.24) is 47.9 Å². The van der Waals surface area contributed by atoms with E-state index in [1.807, 2.05) is 0 Å². The minimum Gasteiger partial charge on any atom is -0.500 e. The molecule has 0 aliphatic carbocycles. The minimum atomic E-state index is 0. The van der Waals surface area contributed by atoms with Crippen molar-refractivity contribution >= 4 is 263 Å². The van der Waals surface area contributed by atoms with Crippen LogP contribution in [-0.4, -0.2) is 157 Å². The van der Waals surface area contributed by atoms with E-state index in [1.165, 1.54) is 56.4 Å². The van der Waals surface area contributed by atoms with Gasteiger partial charge in [0.15, 0.2) is 0 Å². The molecule has 0 bridgehead atoms. The Hall–Kier alpha value is 63.5. The summed E-state index contributed by atoms with van der Waals surface area (Å²) in [4.78, 5) is 0. The van der Waals surface area contributed by atoms with Crippen LogP contribution in [0, 0.1) is 0 Å². The van der Waals surface area contributed by atoms with Gasteiger partial charge in [-0.25, -0.2) is 0 Å². The van der Waals surface area contributed by atoms with Crippen LogP contribution >= 0.6 is 224 Å². The van der Waals surface area contributed by atoms with Gasteiger partial charge in [0.1, 0.15) is 98.3 Å². The van der Waals surface area contributed by atoms with Crippen LogP contribution in [-0.2, 0) is 42.6 Å². The van der Waals surface area contributed by atoms with E-state index < -0.39 is 0 Å². The SMILES string of the molecule is C=COCCNC(=S)S.C=COCCNC(=S)S.C=COCCNC(=S)S.C=COCCNC(=S)S.C=COCCNC(=S)S.C=COCCNC(=S)S.C=COCCNC(=S)S.C=COCCNC(=S)S.C=COCCNC(=S)S.[K+].[K+].[K+].[K+].[K+].[K+].[K+].[K+].[K+].[K+].[K+].[K+].[K+].[K+].[K+].[K+].[K+].[K+].[K+].[K+].[K+].[K+].[K+].[K+].[K+].[K+].[K+].[K+].[K+].[K+].[K+].[K+].[K+].[K+].[K+].[K+].[K+].[K+].[K+].[K+]. The molecule has 0 spiro atoms. The fourth-order valence-corrected chi connectivity index (χ4v) is 4.63. The van der Waals surface area contributed by atoms with Crippen molar-refractivity contribution in [3.05, 3.63) is 116 Å². The van der Waals surface area contributed by atoms with E-state index in [2.05, 4.69) is 331 Å². The van der Waals surface area contributed by atoms with Crippen LogP contribution in [0.25, 0.3) is 0 Å². The molecule has 0 atom stereocenters. The molecule has 0 saturated carbocycles. The summed E-state index contributed by atoms with van der Waals surface area (Å²) >= 11 is 76.1. The van der Waals surface area contributed by atoms with Gasteiger partial charge in [-0.15, -0.1) is 114 Å². The zero-order valence-electron chi connectivity index (χ0n) is 84.7. The van der Waals surface area contributed by atoms with Crippen LogP contribution in [0.4, 0.5) is 0 Å². The van der Waals surface area contributed by atoms with Gasteiger partial charge in [-0.1, -0.05) is 169 Å². The number of hydrogen-bond acceptors (Lipinski definition) is 18. The predicted molar refractivity (Wildman–Crippen MR) is 412 cm³/mol. The van der Waals surface area contributed by atoms with Gasteiger partial charge in [0.2, 0.25) is 0 Å². The Labute approximate surface area is 2540 Å². The molecule has 0 aliphatic heterocycles. The first-order chi connectivity index (χ1) is 38.4. The first-order valence-corrected chi connectivity index (χ1v) is 29.9. The minimum absolute atomic E-state index is 0. The maximum Gasteiger partial charge on any atom is 1.00 e. The molecule has 18 nitrogen and oxygen atoms in total. The largest absolute Gasteiger partial charge is 1.00 e. The molecule has 0 aromatic heterocycles. The molecular formula is C45H81K40N9O9S18+40. The summed E-state index contributed by atoms with van der Waals surface area (Å²) in [6.07, 6.45) is 12.5. The summed E-state index contributed by atoms with van der Waals surface area (Å²) in [5.41, 5.74) is 0. The van der Waals surface area contributed by atoms with E-state index in [-0.39, 0.29) is 2060 Å². The molecule has 121 heavy (non-hydrogen) atoms. The van der Waals surface area contributed by atoms with Crippen molar-refractivity contribution in [2.45, 2.75) is 0 Å². The van der Waals surface area contributed by atoms with Crippen LogP contribution in [0.5, 0.6) is 0 Å². The molecule has 0 aliphatic rings. The molecule has 0 unspecified atom stereocenters. The molecule has 0 aromatic carbocycles. The molecule has 0 aromatic rings. The topological polar surface area (TPSA) is 191 Å². The average Bonchev–Trinajstić information content (AvgIpc) is 3.40. The fraction of sp³-hybridized carbons (Fsp3) is 0.400. The van der Waals surface area contributed by atoms with Gasteiger partial charge in [-0.2, -0.15) is 0 Å². The molecule has 0 fully saturated rings. The van der Waals surface area contributed by atoms with Gasteiger partial charge in [-0.05, 0) is 0 Å². The summed E-state index contributed by atoms with van der Waals surface area (Å²) in [5, 5.41) is 25.2. The van der Waals surface area contributed by atoms with Crippen LogP contribution in [0.2, 0.25) is 0 Å². The third-order valence-corrected chi connectivity index (χ3v) is 8.25. The van der Waals surface area contributed by atoms with Crippen molar-refractivity contribution in [3.8, 4) is 0 Å². The molecule has 0 heterocycles. The van der Waals surface area contributed by atoms with Crippen molar-refractivity contribution < 1.29 is 2100 Å². The third-order valence-electron chi connectivity index (χ3n) is 5.53. The van der Waals surface area contributed by atoms with Crippen LogP contribution in [0.3, 0.4) is 0 Å². The van der Waals surface area contributed by atoms with E-state index in [0.29, 0.717) is 157 Å². The zero-order valence-corrected chi connectivity index (χ0v) is 225. The smallest absolute Gasteiger partial charge is 0.500 e. The van der Waals surface area contributed by atoms with Gasteiger partial charge >= 0.3 is 2060 Å². The quantitative estimate of drug-likeness (QED) is 0.00931. The van der Waals surface area contributed by atoms with Crippen LogP contribution in [0.1, 0.15) is 0 Å². The van der Waals surface area contributed by atoms with Crippen LogP contribution < -0.4 is 2100 Å². The normalized spacial score (nSPS) is 5.43. The van der Waals surface area contributed by atoms with Gasteiger partial charge in [0.25, 0.3) is 0 Å². The Kier molecular flexibility index (Phi) is 931. The van der Waals surface area contributed by atoms with E-state index in [4.69, 9.17) is 42.6 Å². The van der Waals surface area contributed by atoms with E-state index in [0.717, 1.165) is 0 Å². The van der Waals surface area contributed by atoms with Gasteiger partial charge in [0, 0.05) is 0 Å². The third kappa shape index (κ3) is 438. The second kappa shape index (κ2) is 333. The maximum atomic E-state index is 4.79. The summed E-state index contributed by atoms with van der Waals surface area (Å²) in [5.74, 6) is 0. The summed E-state index contributed by atoms with van der Waals surface area (Å²) < 4.78 is 47.5. The molecule has 468 valence electrons. The molecule has 9 N–H and O–H groups in total. The average molecular weight is 3030 g/mol. The number of hydrogen-bond donors (Lipinski definition) is 18. The first kappa shape index (κ1) is 338. The molecule has 0 radical (unpaired) electrons. The Morgan fingerprint density at radius 1 is 0.149 bits per heavy atom. The van der Waals surface area contributed by atoms with Crippen molar-refractivity contribution in [1.29, 1.82) is 0 Å². The van der Waals surface area contributed by atoms with Crippen LogP contribution in [0.15, 0.2) is 116 Å². The number of ether oxygens (including phenoxy) is 9. The Morgan fingerprint density at radius 3 is 0.231 bits per heavy atom. The molecule has 0 amide bonds. The molecular weight excluding hydrogens is 2950 g/mol. The van der Waals surface area contributed by atoms with Gasteiger partial charge in [-0.3, -0.25) is 0 Å². The second-order valence-corrected chi connectivity index (χ2v) is 21.8. The Balaban J connectivity index is -0.00000000985. The number of thiocarbonyl (C=S) groups is 9. The molecule has 0 rings (SSSR count). The summed E-state index contributed by atoms with van der Waals surface area (Å²) in [6, 6.07) is 0. The number of rotatable bonds is 36. The van der Waals surface area contributed by atoms with Gasteiger partial charge < -0.3 is 90.5 Å². The molecule has 0 saturated heterocycles. The standard InChI is InChI=1S/9C5H9NOS2.40K/c9*1-2-7-4-3-6-5(8)9;;;;;;;;;;;;;;;;;;;;;;;;;;;;;;;;;;;;;;;;/h9*2H,1,3-4H2,(H2,6,8,9);;;;;;;;;;;;;;;;;;;;;;;;;;;;;;;;;;;;;;;;/q;;;;;;;;;40*+1. The van der Waals surface area contributed by atoms with E-state index >= 15 is 0 Å². The maximum absolute atomic E-state index is 4.79. The van der Waals surface area contributed by atoms with E-state index in [1.54, 1.807) is 0 Å².